The van der Waals surface area contributed by atoms with E-state index in [1.54, 1.807) is 13.8 Å². The Hall–Kier alpha value is -1.32. The van der Waals surface area contributed by atoms with Gasteiger partial charge in [-0.15, -0.1) is 5.06 Å². The van der Waals surface area contributed by atoms with Crippen molar-refractivity contribution in [3.63, 3.8) is 0 Å². The summed E-state index contributed by atoms with van der Waals surface area (Å²) in [6.45, 7) is 7.03. The number of aliphatic hydroxyl groups is 1. The number of nitrogens with zero attached hydrogens (tertiary/aromatic N) is 2. The van der Waals surface area contributed by atoms with E-state index in [-0.39, 0.29) is 23.9 Å². The van der Waals surface area contributed by atoms with Gasteiger partial charge >= 0.3 is 12.1 Å². The first-order valence-electron chi connectivity index (χ1n) is 7.37. The minimum atomic E-state index is -1.51. The average Bonchev–Trinajstić information content (AvgIpc) is 2.46. The van der Waals surface area contributed by atoms with E-state index in [9.17, 15) is 24.7 Å². The molecule has 0 aliphatic carbocycles. The van der Waals surface area contributed by atoms with Gasteiger partial charge in [0, 0.05) is 18.3 Å². The molecular formula is C14H27N3O5S. The van der Waals surface area contributed by atoms with Gasteiger partial charge in [-0.05, 0) is 32.6 Å². The molecule has 0 aromatic carbocycles. The highest BCUT2D eigenvalue weighted by atomic mass is 32.1. The summed E-state index contributed by atoms with van der Waals surface area (Å²) in [6.07, 6.45) is -0.849. The Balaban J connectivity index is 5.04. The highest BCUT2D eigenvalue weighted by Gasteiger charge is 2.34. The van der Waals surface area contributed by atoms with Crippen molar-refractivity contribution in [1.82, 2.24) is 15.3 Å². The number of amides is 5. The molecule has 0 aliphatic rings. The van der Waals surface area contributed by atoms with Crippen molar-refractivity contribution in [3.05, 3.63) is 0 Å². The lowest BCUT2D eigenvalue weighted by atomic mass is 10.0. The molecule has 0 aromatic rings. The van der Waals surface area contributed by atoms with Crippen LogP contribution in [0.1, 0.15) is 40.5 Å². The number of thiol groups is 1. The van der Waals surface area contributed by atoms with Crippen LogP contribution >= 0.6 is 12.6 Å². The van der Waals surface area contributed by atoms with E-state index in [1.165, 1.54) is 7.05 Å². The summed E-state index contributed by atoms with van der Waals surface area (Å²) in [5, 5.41) is 21.5. The fourth-order valence-corrected chi connectivity index (χ4v) is 1.85. The van der Waals surface area contributed by atoms with Gasteiger partial charge in [0.25, 0.3) is 5.91 Å². The van der Waals surface area contributed by atoms with E-state index >= 15 is 0 Å². The van der Waals surface area contributed by atoms with Gasteiger partial charge in [-0.2, -0.15) is 12.6 Å². The van der Waals surface area contributed by atoms with Crippen LogP contribution in [0.15, 0.2) is 0 Å². The Kier molecular flexibility index (Phi) is 8.57. The van der Waals surface area contributed by atoms with Crippen LogP contribution in [-0.2, 0) is 4.79 Å². The second-order valence-electron chi connectivity index (χ2n) is 6.37. The number of rotatable bonds is 6. The molecule has 0 saturated carbocycles. The van der Waals surface area contributed by atoms with E-state index < -0.39 is 28.8 Å². The first-order valence-corrected chi connectivity index (χ1v) is 7.82. The Bertz CT molecular complexity index is 437. The highest BCUT2D eigenvalue weighted by molar-refractivity contribution is 7.81. The summed E-state index contributed by atoms with van der Waals surface area (Å²) in [7, 11) is 1.31. The van der Waals surface area contributed by atoms with Crippen molar-refractivity contribution in [1.29, 1.82) is 0 Å². The monoisotopic (exact) mass is 349 g/mol. The zero-order valence-electron chi connectivity index (χ0n) is 14.2. The van der Waals surface area contributed by atoms with Gasteiger partial charge in [0.1, 0.15) is 6.10 Å². The smallest absolute Gasteiger partial charge is 0.359 e. The number of carbonyl (C=O) groups excluding carboxylic acids is 3. The van der Waals surface area contributed by atoms with Crippen molar-refractivity contribution in [2.24, 2.45) is 5.92 Å². The van der Waals surface area contributed by atoms with Crippen LogP contribution in [0.3, 0.4) is 0 Å². The van der Waals surface area contributed by atoms with Crippen molar-refractivity contribution in [3.8, 4) is 0 Å². The van der Waals surface area contributed by atoms with E-state index in [4.69, 9.17) is 0 Å². The first-order chi connectivity index (χ1) is 10.4. The van der Waals surface area contributed by atoms with Crippen LogP contribution < -0.4 is 5.32 Å². The maximum Gasteiger partial charge on any atom is 0.359 e. The average molecular weight is 349 g/mol. The molecule has 0 bridgehead atoms. The molecule has 0 spiro atoms. The number of hydroxylamine groups is 2. The van der Waals surface area contributed by atoms with E-state index in [1.807, 2.05) is 13.8 Å². The molecular weight excluding hydrogens is 322 g/mol. The Morgan fingerprint density at radius 3 is 2.13 bits per heavy atom. The molecule has 0 heterocycles. The molecule has 1 atom stereocenters. The van der Waals surface area contributed by atoms with Gasteiger partial charge in [0.15, 0.2) is 0 Å². The third-order valence-corrected chi connectivity index (χ3v) is 3.07. The molecule has 23 heavy (non-hydrogen) atoms. The Morgan fingerprint density at radius 2 is 1.74 bits per heavy atom. The molecule has 3 N–H and O–H groups in total. The maximum atomic E-state index is 12.2. The summed E-state index contributed by atoms with van der Waals surface area (Å²) in [4.78, 5) is 36.5. The van der Waals surface area contributed by atoms with Crippen LogP contribution in [0.5, 0.6) is 0 Å². The number of aliphatic hydroxyl groups excluding tert-OH is 1. The fourth-order valence-electron chi connectivity index (χ4n) is 1.71. The molecule has 0 aliphatic heterocycles. The summed E-state index contributed by atoms with van der Waals surface area (Å²) in [6, 6.07) is -2.03. The summed E-state index contributed by atoms with van der Waals surface area (Å²) >= 11 is 4.23. The third-order valence-electron chi connectivity index (χ3n) is 2.93. The lowest BCUT2D eigenvalue weighted by molar-refractivity contribution is -0.164. The number of carbonyl (C=O) groups is 3. The van der Waals surface area contributed by atoms with Crippen molar-refractivity contribution >= 4 is 30.6 Å². The first kappa shape index (κ1) is 21.7. The van der Waals surface area contributed by atoms with Gasteiger partial charge in [0.2, 0.25) is 0 Å². The lowest BCUT2D eigenvalue weighted by Crippen LogP contribution is -2.54. The van der Waals surface area contributed by atoms with Crippen LogP contribution in [0.2, 0.25) is 0 Å². The summed E-state index contributed by atoms with van der Waals surface area (Å²) in [5.74, 6) is -0.908. The van der Waals surface area contributed by atoms with Crippen LogP contribution in [-0.4, -0.2) is 62.7 Å². The predicted molar refractivity (Wildman–Crippen MR) is 88.3 cm³/mol. The molecule has 134 valence electrons. The normalized spacial score (nSPS) is 12.7. The molecule has 0 fully saturated rings. The molecule has 0 unspecified atom stereocenters. The minimum absolute atomic E-state index is 0.110. The van der Waals surface area contributed by atoms with Gasteiger partial charge in [-0.1, -0.05) is 13.8 Å². The Labute approximate surface area is 142 Å². The predicted octanol–water partition coefficient (Wildman–Crippen LogP) is 1.47. The number of nitrogens with one attached hydrogen (secondary N) is 1. The zero-order chi connectivity index (χ0) is 18.4. The van der Waals surface area contributed by atoms with Gasteiger partial charge in [0.05, 0.1) is 0 Å². The largest absolute Gasteiger partial charge is 0.383 e. The zero-order valence-corrected chi connectivity index (χ0v) is 15.1. The molecule has 5 amide bonds. The molecule has 0 rings (SSSR count). The Morgan fingerprint density at radius 1 is 1.22 bits per heavy atom. The van der Waals surface area contributed by atoms with Crippen molar-refractivity contribution in [2.45, 2.75) is 51.4 Å². The van der Waals surface area contributed by atoms with Crippen LogP contribution in [0.4, 0.5) is 9.59 Å². The summed E-state index contributed by atoms with van der Waals surface area (Å²) in [5.41, 5.74) is 0. The second kappa shape index (κ2) is 9.09. The number of imide groups is 2. The number of hydrogen-bond acceptors (Lipinski definition) is 6. The van der Waals surface area contributed by atoms with Crippen molar-refractivity contribution in [2.75, 3.05) is 13.6 Å². The van der Waals surface area contributed by atoms with Gasteiger partial charge in [-0.25, -0.2) is 14.5 Å². The molecule has 9 heteroatoms. The van der Waals surface area contributed by atoms with Crippen molar-refractivity contribution < 1.29 is 24.7 Å². The van der Waals surface area contributed by atoms with E-state index in [0.717, 1.165) is 0 Å². The van der Waals surface area contributed by atoms with Gasteiger partial charge in [-0.3, -0.25) is 10.0 Å². The topological polar surface area (TPSA) is 110 Å². The second-order valence-corrected chi connectivity index (χ2v) is 7.58. The SMILES string of the molecule is CNC(=O)N(CC(C)(C)S)C(=O)N(O)C(=O)[C@@H](O)CCC(C)C. The van der Waals surface area contributed by atoms with E-state index in [0.29, 0.717) is 11.3 Å². The van der Waals surface area contributed by atoms with Crippen LogP contribution in [0, 0.1) is 5.92 Å². The maximum absolute atomic E-state index is 12.2. The minimum Gasteiger partial charge on any atom is -0.383 e. The van der Waals surface area contributed by atoms with Crippen LogP contribution in [0.25, 0.3) is 0 Å². The van der Waals surface area contributed by atoms with Gasteiger partial charge < -0.3 is 10.4 Å². The lowest BCUT2D eigenvalue weighted by Gasteiger charge is -2.29. The summed E-state index contributed by atoms with van der Waals surface area (Å²) < 4.78 is -0.734. The standard InChI is InChI=1S/C14H27N3O5S/c1-9(2)6-7-10(18)11(19)17(22)13(21)16(12(20)15-5)8-14(3,4)23/h9-10,18,22-23H,6-8H2,1-5H3,(H,15,20)/t10-/m0/s1. The highest BCUT2D eigenvalue weighted by Crippen LogP contribution is 2.16. The third kappa shape index (κ3) is 7.67. The number of urea groups is 2. The fraction of sp³-hybridized carbons (Fsp3) is 0.786. The molecule has 0 saturated heterocycles. The molecule has 0 aromatic heterocycles. The number of hydrogen-bond donors (Lipinski definition) is 4. The molecule has 0 radical (unpaired) electrons. The molecule has 8 nitrogen and oxygen atoms in total. The van der Waals surface area contributed by atoms with E-state index in [2.05, 4.69) is 17.9 Å². The quantitative estimate of drug-likeness (QED) is 0.330.